The maximum atomic E-state index is 13.0. The maximum absolute atomic E-state index is 13.0. The number of nitrogens with two attached hydrogens (primary N) is 1. The van der Waals surface area contributed by atoms with E-state index in [4.69, 9.17) is 5.73 Å². The number of carbonyl (C=O) groups is 1. The predicted molar refractivity (Wildman–Crippen MR) is 63.3 cm³/mol. The summed E-state index contributed by atoms with van der Waals surface area (Å²) in [4.78, 5) is 10.3. The summed E-state index contributed by atoms with van der Waals surface area (Å²) in [5.74, 6) is -0.683. The van der Waals surface area contributed by atoms with E-state index < -0.39 is 30.2 Å². The summed E-state index contributed by atoms with van der Waals surface area (Å²) in [5, 5.41) is 3.36. The third-order valence-corrected chi connectivity index (χ3v) is 2.10. The SMILES string of the molecule is NC(=O)N/N=C\c1ccc(OC(F)(F)[C@H](F)C(F)(F)F)cc1. The number of amides is 2. The Morgan fingerprint density at radius 3 is 2.23 bits per heavy atom. The highest BCUT2D eigenvalue weighted by Crippen LogP contribution is 2.36. The molecule has 0 aliphatic rings. The molecule has 0 aliphatic heterocycles. The molecule has 1 aromatic carbocycles. The molecule has 0 saturated heterocycles. The zero-order valence-electron chi connectivity index (χ0n) is 10.6. The van der Waals surface area contributed by atoms with E-state index in [1.807, 2.05) is 5.43 Å². The lowest BCUT2D eigenvalue weighted by Gasteiger charge is -2.23. The van der Waals surface area contributed by atoms with Crippen LogP contribution in [0.15, 0.2) is 29.4 Å². The highest BCUT2D eigenvalue weighted by Gasteiger charge is 2.59. The zero-order chi connectivity index (χ0) is 17.0. The fourth-order valence-corrected chi connectivity index (χ4v) is 1.19. The highest BCUT2D eigenvalue weighted by molar-refractivity contribution is 5.81. The van der Waals surface area contributed by atoms with Gasteiger partial charge in [0, 0.05) is 0 Å². The average Bonchev–Trinajstić information content (AvgIpc) is 2.38. The number of halogens is 6. The predicted octanol–water partition coefficient (Wildman–Crippen LogP) is 2.56. The van der Waals surface area contributed by atoms with E-state index in [9.17, 15) is 31.1 Å². The van der Waals surface area contributed by atoms with Gasteiger partial charge in [0.25, 0.3) is 6.17 Å². The van der Waals surface area contributed by atoms with E-state index in [1.54, 1.807) is 0 Å². The molecule has 0 aromatic heterocycles. The topological polar surface area (TPSA) is 76.7 Å². The Bertz CT molecular complexity index is 544. The van der Waals surface area contributed by atoms with Gasteiger partial charge in [-0.05, 0) is 29.8 Å². The van der Waals surface area contributed by atoms with Crippen LogP contribution in [0.25, 0.3) is 0 Å². The third-order valence-electron chi connectivity index (χ3n) is 2.10. The van der Waals surface area contributed by atoms with Crippen LogP contribution in [0.2, 0.25) is 0 Å². The molecular weight excluding hydrogens is 320 g/mol. The van der Waals surface area contributed by atoms with Crippen LogP contribution in [0.5, 0.6) is 5.75 Å². The molecule has 2 amide bonds. The normalized spacial score (nSPS) is 13.9. The number of ether oxygens (including phenoxy) is 1. The van der Waals surface area contributed by atoms with Gasteiger partial charge in [0.15, 0.2) is 0 Å². The van der Waals surface area contributed by atoms with Crippen molar-refractivity contribution in [1.82, 2.24) is 5.43 Å². The quantitative estimate of drug-likeness (QED) is 0.495. The van der Waals surface area contributed by atoms with Gasteiger partial charge in [-0.2, -0.15) is 27.1 Å². The van der Waals surface area contributed by atoms with E-state index in [0.29, 0.717) is 0 Å². The molecule has 3 N–H and O–H groups in total. The molecule has 0 aliphatic carbocycles. The van der Waals surface area contributed by atoms with E-state index in [-0.39, 0.29) is 5.56 Å². The Balaban J connectivity index is 2.75. The monoisotopic (exact) mass is 329 g/mol. The van der Waals surface area contributed by atoms with Crippen LogP contribution in [-0.2, 0) is 0 Å². The zero-order valence-corrected chi connectivity index (χ0v) is 10.6. The molecule has 11 heteroatoms. The number of nitrogens with one attached hydrogen (secondary N) is 1. The van der Waals surface area contributed by atoms with Gasteiger partial charge in [0.2, 0.25) is 0 Å². The number of rotatable bonds is 5. The summed E-state index contributed by atoms with van der Waals surface area (Å²) in [5.41, 5.74) is 6.87. The van der Waals surface area contributed by atoms with Gasteiger partial charge in [-0.25, -0.2) is 14.6 Å². The molecule has 0 unspecified atom stereocenters. The molecule has 0 spiro atoms. The summed E-state index contributed by atoms with van der Waals surface area (Å²) in [7, 11) is 0. The standard InChI is InChI=1S/C11H9F6N3O2/c12-8(10(13,14)15)11(16,17)22-7-3-1-6(2-4-7)5-19-20-9(18)21/h1-5,8H,(H3,18,20,21)/b19-5-/t8-/m1/s1. The molecule has 0 radical (unpaired) electrons. The smallest absolute Gasteiger partial charge is 0.430 e. The Morgan fingerprint density at radius 1 is 1.23 bits per heavy atom. The second kappa shape index (κ2) is 6.54. The second-order valence-electron chi connectivity index (χ2n) is 3.87. The molecule has 1 aromatic rings. The number of nitrogens with zero attached hydrogens (tertiary/aromatic N) is 1. The van der Waals surface area contributed by atoms with Gasteiger partial charge in [0.05, 0.1) is 6.21 Å². The van der Waals surface area contributed by atoms with Crippen molar-refractivity contribution in [3.8, 4) is 5.75 Å². The summed E-state index contributed by atoms with van der Waals surface area (Å²) < 4.78 is 78.1. The number of primary amides is 1. The number of hydrogen-bond acceptors (Lipinski definition) is 3. The molecule has 0 heterocycles. The van der Waals surface area contributed by atoms with Crippen molar-refractivity contribution in [3.05, 3.63) is 29.8 Å². The molecule has 22 heavy (non-hydrogen) atoms. The number of carbonyl (C=O) groups excluding carboxylic acids is 1. The van der Waals surface area contributed by atoms with Crippen molar-refractivity contribution in [2.75, 3.05) is 0 Å². The fourth-order valence-electron chi connectivity index (χ4n) is 1.19. The maximum Gasteiger partial charge on any atom is 0.439 e. The van der Waals surface area contributed by atoms with Gasteiger partial charge in [-0.15, -0.1) is 0 Å². The van der Waals surface area contributed by atoms with Crippen LogP contribution >= 0.6 is 0 Å². The number of hydrogen-bond donors (Lipinski definition) is 2. The van der Waals surface area contributed by atoms with Crippen LogP contribution in [0.3, 0.4) is 0 Å². The fraction of sp³-hybridized carbons (Fsp3) is 0.273. The van der Waals surface area contributed by atoms with Crippen LogP contribution in [0, 0.1) is 0 Å². The summed E-state index contributed by atoms with van der Waals surface area (Å²) >= 11 is 0. The Kier molecular flexibility index (Phi) is 5.23. The highest BCUT2D eigenvalue weighted by atomic mass is 19.4. The lowest BCUT2D eigenvalue weighted by Crippen LogP contribution is -2.45. The minimum atomic E-state index is -5.75. The Morgan fingerprint density at radius 2 is 1.77 bits per heavy atom. The van der Waals surface area contributed by atoms with Crippen LogP contribution < -0.4 is 15.9 Å². The Hall–Kier alpha value is -2.46. The first kappa shape index (κ1) is 17.6. The molecule has 1 atom stereocenters. The number of alkyl halides is 6. The van der Waals surface area contributed by atoms with Gasteiger partial charge in [-0.1, -0.05) is 0 Å². The number of urea groups is 1. The molecule has 1 rings (SSSR count). The van der Waals surface area contributed by atoms with E-state index >= 15 is 0 Å². The first-order chi connectivity index (χ1) is 10.0. The molecule has 5 nitrogen and oxygen atoms in total. The van der Waals surface area contributed by atoms with Crippen molar-refractivity contribution >= 4 is 12.2 Å². The lowest BCUT2D eigenvalue weighted by atomic mass is 10.2. The van der Waals surface area contributed by atoms with E-state index in [0.717, 1.165) is 30.5 Å². The molecule has 122 valence electrons. The van der Waals surface area contributed by atoms with Crippen LogP contribution in [0.1, 0.15) is 5.56 Å². The van der Waals surface area contributed by atoms with Crippen molar-refractivity contribution in [2.45, 2.75) is 18.5 Å². The third kappa shape index (κ3) is 5.14. The lowest BCUT2D eigenvalue weighted by molar-refractivity contribution is -0.304. The summed E-state index contributed by atoms with van der Waals surface area (Å²) in [6.07, 6.45) is -14.2. The summed E-state index contributed by atoms with van der Waals surface area (Å²) in [6.45, 7) is 0. The molecule has 0 saturated carbocycles. The average molecular weight is 329 g/mol. The van der Waals surface area contributed by atoms with Crippen molar-refractivity contribution < 1.29 is 35.9 Å². The van der Waals surface area contributed by atoms with Crippen LogP contribution in [-0.4, -0.2) is 30.7 Å². The molecular formula is C11H9F6N3O2. The van der Waals surface area contributed by atoms with Gasteiger partial charge in [0.1, 0.15) is 5.75 Å². The second-order valence-corrected chi connectivity index (χ2v) is 3.87. The minimum absolute atomic E-state index is 0.289. The first-order valence-electron chi connectivity index (χ1n) is 5.48. The van der Waals surface area contributed by atoms with Crippen molar-refractivity contribution in [3.63, 3.8) is 0 Å². The van der Waals surface area contributed by atoms with Crippen molar-refractivity contribution in [2.24, 2.45) is 10.8 Å². The van der Waals surface area contributed by atoms with Crippen molar-refractivity contribution in [1.29, 1.82) is 0 Å². The number of benzene rings is 1. The minimum Gasteiger partial charge on any atom is -0.430 e. The van der Waals surface area contributed by atoms with Gasteiger partial charge >= 0.3 is 18.3 Å². The molecule has 0 fully saturated rings. The number of hydrazone groups is 1. The van der Waals surface area contributed by atoms with E-state index in [2.05, 4.69) is 9.84 Å². The van der Waals surface area contributed by atoms with E-state index in [1.165, 1.54) is 0 Å². The van der Waals surface area contributed by atoms with Gasteiger partial charge < -0.3 is 10.5 Å². The van der Waals surface area contributed by atoms with Crippen LogP contribution in [0.4, 0.5) is 31.1 Å². The first-order valence-corrected chi connectivity index (χ1v) is 5.48. The Labute approximate surface area is 119 Å². The summed E-state index contributed by atoms with van der Waals surface area (Å²) in [6, 6.07) is 3.10. The largest absolute Gasteiger partial charge is 0.439 e. The molecule has 0 bridgehead atoms. The van der Waals surface area contributed by atoms with Gasteiger partial charge in [-0.3, -0.25) is 0 Å².